The molecule has 0 fully saturated rings. The van der Waals surface area contributed by atoms with Crippen molar-refractivity contribution in [3.05, 3.63) is 88.7 Å². The van der Waals surface area contributed by atoms with Crippen LogP contribution in [0.1, 0.15) is 23.9 Å². The molecule has 1 atom stereocenters. The van der Waals surface area contributed by atoms with E-state index < -0.39 is 5.25 Å². The minimum absolute atomic E-state index is 0.101. The number of rotatable bonds is 9. The van der Waals surface area contributed by atoms with E-state index in [-0.39, 0.29) is 5.91 Å². The summed E-state index contributed by atoms with van der Waals surface area (Å²) in [5, 5.41) is 16.1. The second-order valence-corrected chi connectivity index (χ2v) is 10.1. The van der Waals surface area contributed by atoms with Crippen molar-refractivity contribution in [2.45, 2.75) is 37.7 Å². The number of carbonyl (C=O) groups is 1. The number of hydrogen-bond acceptors (Lipinski definition) is 6. The number of benzene rings is 3. The van der Waals surface area contributed by atoms with Gasteiger partial charge in [-0.05, 0) is 74.4 Å². The smallest absolute Gasteiger partial charge is 0.237 e. The SMILES string of the molecule is COc1ccc(NCc2nnc(SC(C)C(=O)Nc3c(C)cccc3C)n2-c2cccc(Cl)c2)cc1. The number of nitrogens with zero attached hydrogens (tertiary/aromatic N) is 3. The molecule has 2 N–H and O–H groups in total. The summed E-state index contributed by atoms with van der Waals surface area (Å²) in [6, 6.07) is 21.1. The summed E-state index contributed by atoms with van der Waals surface area (Å²) in [5.41, 5.74) is 4.63. The van der Waals surface area contributed by atoms with Crippen molar-refractivity contribution in [2.75, 3.05) is 17.7 Å². The lowest BCUT2D eigenvalue weighted by molar-refractivity contribution is -0.115. The Morgan fingerprint density at radius 3 is 2.42 bits per heavy atom. The monoisotopic (exact) mass is 521 g/mol. The lowest BCUT2D eigenvalue weighted by atomic mass is 10.1. The first kappa shape index (κ1) is 25.6. The molecule has 7 nitrogen and oxygen atoms in total. The number of thioether (sulfide) groups is 1. The number of ether oxygens (including phenoxy) is 1. The van der Waals surface area contributed by atoms with Crippen LogP contribution in [-0.4, -0.2) is 33.0 Å². The van der Waals surface area contributed by atoms with Gasteiger partial charge in [0, 0.05) is 16.4 Å². The summed E-state index contributed by atoms with van der Waals surface area (Å²) >= 11 is 7.64. The molecule has 0 saturated heterocycles. The van der Waals surface area contributed by atoms with Crippen LogP contribution in [0.5, 0.6) is 5.75 Å². The quantitative estimate of drug-likeness (QED) is 0.252. The number of anilines is 2. The Hall–Kier alpha value is -3.49. The van der Waals surface area contributed by atoms with E-state index in [1.54, 1.807) is 7.11 Å². The van der Waals surface area contributed by atoms with Gasteiger partial charge in [0.25, 0.3) is 0 Å². The van der Waals surface area contributed by atoms with E-state index in [1.165, 1.54) is 11.8 Å². The number of hydrogen-bond donors (Lipinski definition) is 2. The summed E-state index contributed by atoms with van der Waals surface area (Å²) in [5.74, 6) is 1.38. The highest BCUT2D eigenvalue weighted by atomic mass is 35.5. The lowest BCUT2D eigenvalue weighted by Crippen LogP contribution is -2.24. The number of methoxy groups -OCH3 is 1. The van der Waals surface area contributed by atoms with Gasteiger partial charge in [0.05, 0.1) is 24.6 Å². The fourth-order valence-corrected chi connectivity index (χ4v) is 4.77. The predicted octanol–water partition coefficient (Wildman–Crippen LogP) is 6.28. The van der Waals surface area contributed by atoms with Crippen molar-refractivity contribution in [1.29, 1.82) is 0 Å². The third-order valence-corrected chi connectivity index (χ3v) is 6.97. The number of halogens is 1. The topological polar surface area (TPSA) is 81.1 Å². The average Bonchev–Trinajstić information content (AvgIpc) is 3.27. The van der Waals surface area contributed by atoms with Crippen LogP contribution < -0.4 is 15.4 Å². The highest BCUT2D eigenvalue weighted by Crippen LogP contribution is 2.29. The number of carbonyl (C=O) groups excluding carboxylic acids is 1. The van der Waals surface area contributed by atoms with Gasteiger partial charge in [-0.15, -0.1) is 10.2 Å². The van der Waals surface area contributed by atoms with Crippen LogP contribution in [0.15, 0.2) is 71.9 Å². The van der Waals surface area contributed by atoms with Crippen LogP contribution in [0.25, 0.3) is 5.69 Å². The van der Waals surface area contributed by atoms with Crippen molar-refractivity contribution in [1.82, 2.24) is 14.8 Å². The molecule has 4 aromatic rings. The van der Waals surface area contributed by atoms with E-state index in [0.717, 1.165) is 33.9 Å². The van der Waals surface area contributed by atoms with Gasteiger partial charge in [-0.25, -0.2) is 0 Å². The molecule has 0 aliphatic heterocycles. The third kappa shape index (κ3) is 6.01. The van der Waals surface area contributed by atoms with Crippen molar-refractivity contribution in [3.63, 3.8) is 0 Å². The Bertz CT molecular complexity index is 1340. The highest BCUT2D eigenvalue weighted by Gasteiger charge is 2.22. The molecule has 0 aliphatic carbocycles. The molecular weight excluding hydrogens is 494 g/mol. The van der Waals surface area contributed by atoms with Gasteiger partial charge < -0.3 is 15.4 Å². The lowest BCUT2D eigenvalue weighted by Gasteiger charge is -2.16. The third-order valence-electron chi connectivity index (χ3n) is 5.69. The van der Waals surface area contributed by atoms with Crippen molar-refractivity contribution < 1.29 is 9.53 Å². The second-order valence-electron chi connectivity index (χ2n) is 8.31. The van der Waals surface area contributed by atoms with Crippen LogP contribution in [0.3, 0.4) is 0 Å². The van der Waals surface area contributed by atoms with E-state index in [9.17, 15) is 4.79 Å². The Morgan fingerprint density at radius 1 is 1.06 bits per heavy atom. The number of amides is 1. The maximum Gasteiger partial charge on any atom is 0.237 e. The zero-order valence-corrected chi connectivity index (χ0v) is 22.2. The molecule has 0 radical (unpaired) electrons. The molecule has 1 heterocycles. The number of aromatic nitrogens is 3. The molecule has 0 saturated carbocycles. The van der Waals surface area contributed by atoms with E-state index in [0.29, 0.717) is 22.5 Å². The summed E-state index contributed by atoms with van der Waals surface area (Å²) in [4.78, 5) is 13.1. The van der Waals surface area contributed by atoms with Gasteiger partial charge in [-0.1, -0.05) is 47.6 Å². The molecule has 0 aliphatic rings. The molecule has 186 valence electrons. The van der Waals surface area contributed by atoms with Crippen LogP contribution >= 0.6 is 23.4 Å². The largest absolute Gasteiger partial charge is 0.497 e. The first-order chi connectivity index (χ1) is 17.4. The molecule has 3 aromatic carbocycles. The minimum atomic E-state index is -0.409. The Kier molecular flexibility index (Phi) is 8.18. The summed E-state index contributed by atoms with van der Waals surface area (Å²) in [6.07, 6.45) is 0. The first-order valence-corrected chi connectivity index (χ1v) is 12.7. The second kappa shape index (κ2) is 11.5. The molecule has 1 unspecified atom stereocenters. The summed E-state index contributed by atoms with van der Waals surface area (Å²) in [7, 11) is 1.64. The fraction of sp³-hybridized carbons (Fsp3) is 0.222. The number of para-hydroxylation sites is 1. The highest BCUT2D eigenvalue weighted by molar-refractivity contribution is 8.00. The van der Waals surface area contributed by atoms with Crippen molar-refractivity contribution >= 4 is 40.6 Å². The molecule has 4 rings (SSSR count). The fourth-order valence-electron chi connectivity index (χ4n) is 3.70. The van der Waals surface area contributed by atoms with Crippen molar-refractivity contribution in [3.8, 4) is 11.4 Å². The molecule has 1 aromatic heterocycles. The molecule has 9 heteroatoms. The molecule has 0 spiro atoms. The summed E-state index contributed by atoms with van der Waals surface area (Å²) in [6.45, 7) is 6.26. The first-order valence-electron chi connectivity index (χ1n) is 11.5. The Balaban J connectivity index is 1.56. The minimum Gasteiger partial charge on any atom is -0.497 e. The maximum absolute atomic E-state index is 13.1. The zero-order chi connectivity index (χ0) is 25.7. The van der Waals surface area contributed by atoms with E-state index >= 15 is 0 Å². The van der Waals surface area contributed by atoms with Crippen LogP contribution in [0.2, 0.25) is 5.02 Å². The Morgan fingerprint density at radius 2 is 1.75 bits per heavy atom. The van der Waals surface area contributed by atoms with Crippen LogP contribution in [0.4, 0.5) is 11.4 Å². The molecule has 36 heavy (non-hydrogen) atoms. The zero-order valence-electron chi connectivity index (χ0n) is 20.6. The van der Waals surface area contributed by atoms with Crippen LogP contribution in [-0.2, 0) is 11.3 Å². The van der Waals surface area contributed by atoms with Crippen LogP contribution in [0, 0.1) is 13.8 Å². The van der Waals surface area contributed by atoms with Gasteiger partial charge in [0.15, 0.2) is 11.0 Å². The molecular formula is C27H28ClN5O2S. The maximum atomic E-state index is 13.1. The normalized spacial score (nSPS) is 11.7. The number of aryl methyl sites for hydroxylation is 2. The standard InChI is InChI=1S/C27H28ClN5O2S/c1-17-7-5-8-18(2)25(17)30-26(34)19(3)36-27-32-31-24(33(27)22-10-6-9-20(28)15-22)16-29-21-11-13-23(35-4)14-12-21/h5-15,19,29H,16H2,1-4H3,(H,30,34). The average molecular weight is 522 g/mol. The Labute approximate surface area is 220 Å². The molecule has 0 bridgehead atoms. The van der Waals surface area contributed by atoms with Gasteiger partial charge in [0.1, 0.15) is 5.75 Å². The van der Waals surface area contributed by atoms with Gasteiger partial charge in [-0.2, -0.15) is 0 Å². The molecule has 1 amide bonds. The number of nitrogens with one attached hydrogen (secondary N) is 2. The van der Waals surface area contributed by atoms with Gasteiger partial charge in [0.2, 0.25) is 5.91 Å². The van der Waals surface area contributed by atoms with E-state index in [2.05, 4.69) is 20.8 Å². The van der Waals surface area contributed by atoms with E-state index in [4.69, 9.17) is 16.3 Å². The predicted molar refractivity (Wildman–Crippen MR) is 147 cm³/mol. The van der Waals surface area contributed by atoms with Crippen molar-refractivity contribution in [2.24, 2.45) is 0 Å². The van der Waals surface area contributed by atoms with E-state index in [1.807, 2.05) is 92.1 Å². The van der Waals surface area contributed by atoms with Gasteiger partial charge in [-0.3, -0.25) is 9.36 Å². The summed E-state index contributed by atoms with van der Waals surface area (Å²) < 4.78 is 7.15. The van der Waals surface area contributed by atoms with Gasteiger partial charge >= 0.3 is 0 Å².